The molecule has 0 aliphatic carbocycles. The van der Waals surface area contributed by atoms with E-state index < -0.39 is 0 Å². The lowest BCUT2D eigenvalue weighted by atomic mass is 10.1. The number of ether oxygens (including phenoxy) is 1. The number of ketones is 1. The van der Waals surface area contributed by atoms with Crippen LogP contribution in [0.15, 0.2) is 6.07 Å². The number of aryl methyl sites for hydroxylation is 2. The zero-order valence-corrected chi connectivity index (χ0v) is 12.2. The summed E-state index contributed by atoms with van der Waals surface area (Å²) in [5.41, 5.74) is 0.886. The van der Waals surface area contributed by atoms with Crippen LogP contribution in [0.5, 0.6) is 0 Å². The topological polar surface area (TPSA) is 29.5 Å². The maximum atomic E-state index is 12.2. The molecule has 1 saturated heterocycles. The highest BCUT2D eigenvalue weighted by atomic mass is 32.1. The third kappa shape index (κ3) is 3.40. The maximum Gasteiger partial charge on any atom is 0.177 e. The molecule has 0 spiro atoms. The first-order chi connectivity index (χ1) is 8.56. The van der Waals surface area contributed by atoms with Gasteiger partial charge in [0.2, 0.25) is 0 Å². The predicted octanol–water partition coefficient (Wildman–Crippen LogP) is 2.66. The molecule has 0 bridgehead atoms. The van der Waals surface area contributed by atoms with E-state index >= 15 is 0 Å². The normalized spacial score (nSPS) is 19.7. The number of Topliss-reactive ketones (excluding diaryl/α,β-unsaturated/α-hetero) is 1. The fourth-order valence-corrected chi connectivity index (χ4v) is 3.38. The van der Waals surface area contributed by atoms with Gasteiger partial charge in [-0.2, -0.15) is 0 Å². The van der Waals surface area contributed by atoms with Crippen molar-refractivity contribution in [2.45, 2.75) is 32.8 Å². The molecule has 0 saturated carbocycles. The molecule has 0 N–H and O–H groups in total. The molecule has 100 valence electrons. The van der Waals surface area contributed by atoms with Crippen molar-refractivity contribution in [2.24, 2.45) is 0 Å². The van der Waals surface area contributed by atoms with E-state index in [1.54, 1.807) is 11.3 Å². The Labute approximate surface area is 113 Å². The van der Waals surface area contributed by atoms with Gasteiger partial charge in [-0.25, -0.2) is 0 Å². The summed E-state index contributed by atoms with van der Waals surface area (Å²) in [6.07, 6.45) is 2.58. The summed E-state index contributed by atoms with van der Waals surface area (Å²) in [4.78, 5) is 16.6. The Morgan fingerprint density at radius 2 is 2.33 bits per heavy atom. The molecule has 1 aliphatic heterocycles. The molecule has 1 aromatic rings. The molecular formula is C14H21NO2S. The van der Waals surface area contributed by atoms with Gasteiger partial charge in [0.25, 0.3) is 0 Å². The molecule has 18 heavy (non-hydrogen) atoms. The molecule has 0 aromatic carbocycles. The van der Waals surface area contributed by atoms with Crippen LogP contribution in [0.25, 0.3) is 0 Å². The highest BCUT2D eigenvalue weighted by molar-refractivity contribution is 7.12. The second-order valence-electron chi connectivity index (χ2n) is 5.08. The van der Waals surface area contributed by atoms with Crippen LogP contribution in [0.3, 0.4) is 0 Å². The fourth-order valence-electron chi connectivity index (χ4n) is 2.44. The van der Waals surface area contributed by atoms with Crippen molar-refractivity contribution < 1.29 is 9.53 Å². The van der Waals surface area contributed by atoms with Crippen LogP contribution in [-0.4, -0.2) is 43.5 Å². The summed E-state index contributed by atoms with van der Waals surface area (Å²) in [5.74, 6) is 0.220. The number of nitrogens with zero attached hydrogens (tertiary/aromatic N) is 1. The lowest BCUT2D eigenvalue weighted by molar-refractivity contribution is 0.0740. The second kappa shape index (κ2) is 5.95. The molecule has 3 nitrogen and oxygen atoms in total. The summed E-state index contributed by atoms with van der Waals surface area (Å²) < 4.78 is 5.59. The van der Waals surface area contributed by atoms with Gasteiger partial charge in [0.05, 0.1) is 12.6 Å². The summed E-state index contributed by atoms with van der Waals surface area (Å²) in [7, 11) is 1.99. The van der Waals surface area contributed by atoms with E-state index in [0.717, 1.165) is 36.4 Å². The highest BCUT2D eigenvalue weighted by Crippen LogP contribution is 2.21. The van der Waals surface area contributed by atoms with E-state index in [4.69, 9.17) is 4.74 Å². The highest BCUT2D eigenvalue weighted by Gasteiger charge is 2.20. The minimum Gasteiger partial charge on any atom is -0.377 e. The van der Waals surface area contributed by atoms with Crippen molar-refractivity contribution in [1.29, 1.82) is 0 Å². The molecule has 0 radical (unpaired) electrons. The third-order valence-corrected chi connectivity index (χ3v) is 4.26. The summed E-state index contributed by atoms with van der Waals surface area (Å²) in [6, 6.07) is 2.00. The van der Waals surface area contributed by atoms with E-state index in [0.29, 0.717) is 12.6 Å². The van der Waals surface area contributed by atoms with Gasteiger partial charge in [0.1, 0.15) is 0 Å². The maximum absolute atomic E-state index is 12.2. The van der Waals surface area contributed by atoms with E-state index in [1.165, 1.54) is 4.88 Å². The first-order valence-corrected chi connectivity index (χ1v) is 7.28. The van der Waals surface area contributed by atoms with Crippen molar-refractivity contribution in [3.8, 4) is 0 Å². The van der Waals surface area contributed by atoms with Crippen molar-refractivity contribution in [1.82, 2.24) is 4.90 Å². The largest absolute Gasteiger partial charge is 0.377 e. The number of thiophene rings is 1. The Balaban J connectivity index is 1.88. The molecular weight excluding hydrogens is 246 g/mol. The van der Waals surface area contributed by atoms with Gasteiger partial charge < -0.3 is 4.74 Å². The minimum atomic E-state index is 0.220. The van der Waals surface area contributed by atoms with Crippen LogP contribution in [0, 0.1) is 13.8 Å². The van der Waals surface area contributed by atoms with Gasteiger partial charge in [-0.05, 0) is 39.8 Å². The van der Waals surface area contributed by atoms with Gasteiger partial charge in [-0.1, -0.05) is 0 Å². The molecule has 1 unspecified atom stereocenters. The van der Waals surface area contributed by atoms with E-state index in [9.17, 15) is 4.79 Å². The second-order valence-corrected chi connectivity index (χ2v) is 6.54. The van der Waals surface area contributed by atoms with E-state index in [1.807, 2.05) is 27.0 Å². The van der Waals surface area contributed by atoms with Crippen molar-refractivity contribution in [3.63, 3.8) is 0 Å². The number of hydrogen-bond donors (Lipinski definition) is 0. The molecule has 2 rings (SSSR count). The molecule has 1 fully saturated rings. The monoisotopic (exact) mass is 267 g/mol. The molecule has 1 aromatic heterocycles. The van der Waals surface area contributed by atoms with Gasteiger partial charge >= 0.3 is 0 Å². The lowest BCUT2D eigenvalue weighted by Gasteiger charge is -2.19. The average molecular weight is 267 g/mol. The number of carbonyl (C=O) groups is 1. The van der Waals surface area contributed by atoms with Crippen molar-refractivity contribution in [3.05, 3.63) is 21.4 Å². The quantitative estimate of drug-likeness (QED) is 0.768. The van der Waals surface area contributed by atoms with E-state index in [2.05, 4.69) is 4.90 Å². The predicted molar refractivity (Wildman–Crippen MR) is 74.6 cm³/mol. The number of carbonyl (C=O) groups excluding carboxylic acids is 1. The fraction of sp³-hybridized carbons (Fsp3) is 0.643. The summed E-state index contributed by atoms with van der Waals surface area (Å²) in [5, 5.41) is 0. The van der Waals surface area contributed by atoms with Crippen LogP contribution in [0.4, 0.5) is 0 Å². The van der Waals surface area contributed by atoms with Gasteiger partial charge in [-0.15, -0.1) is 11.3 Å². The Morgan fingerprint density at radius 1 is 1.56 bits per heavy atom. The number of likely N-dealkylation sites (N-methyl/N-ethyl adjacent to an activating group) is 1. The Hall–Kier alpha value is -0.710. The van der Waals surface area contributed by atoms with Crippen LogP contribution >= 0.6 is 11.3 Å². The first kappa shape index (κ1) is 13.7. The van der Waals surface area contributed by atoms with Crippen molar-refractivity contribution in [2.75, 3.05) is 26.7 Å². The Morgan fingerprint density at radius 3 is 2.89 bits per heavy atom. The smallest absolute Gasteiger partial charge is 0.177 e. The van der Waals surface area contributed by atoms with Gasteiger partial charge in [0.15, 0.2) is 5.78 Å². The van der Waals surface area contributed by atoms with Crippen LogP contribution in [0.1, 0.15) is 33.0 Å². The third-order valence-electron chi connectivity index (χ3n) is 3.29. The first-order valence-electron chi connectivity index (χ1n) is 6.46. The van der Waals surface area contributed by atoms with Crippen LogP contribution in [0.2, 0.25) is 0 Å². The van der Waals surface area contributed by atoms with Gasteiger partial charge in [0, 0.05) is 28.5 Å². The molecule has 2 heterocycles. The lowest BCUT2D eigenvalue weighted by Crippen LogP contribution is -2.33. The molecule has 4 heteroatoms. The average Bonchev–Trinajstić information content (AvgIpc) is 2.88. The zero-order valence-electron chi connectivity index (χ0n) is 11.4. The standard InChI is InChI=1S/C14H21NO2S/c1-10-7-13(11(2)18-10)14(16)9-15(3)8-12-5-4-6-17-12/h7,12H,4-6,8-9H2,1-3H3. The molecule has 0 amide bonds. The summed E-state index contributed by atoms with van der Waals surface area (Å²) >= 11 is 1.69. The van der Waals surface area contributed by atoms with Crippen molar-refractivity contribution >= 4 is 17.1 Å². The van der Waals surface area contributed by atoms with Gasteiger partial charge in [-0.3, -0.25) is 9.69 Å². The SMILES string of the molecule is Cc1cc(C(=O)CN(C)CC2CCCO2)c(C)s1. The molecule has 1 aliphatic rings. The minimum absolute atomic E-state index is 0.220. The Bertz CT molecular complexity index is 421. The van der Waals surface area contributed by atoms with Crippen LogP contribution < -0.4 is 0 Å². The number of hydrogen-bond acceptors (Lipinski definition) is 4. The molecule has 1 atom stereocenters. The Kier molecular flexibility index (Phi) is 4.54. The zero-order chi connectivity index (χ0) is 13.1. The van der Waals surface area contributed by atoms with E-state index in [-0.39, 0.29) is 5.78 Å². The van der Waals surface area contributed by atoms with Crippen LogP contribution in [-0.2, 0) is 4.74 Å². The number of rotatable bonds is 5. The summed E-state index contributed by atoms with van der Waals surface area (Å²) in [6.45, 7) is 6.27.